The molecule has 1 saturated heterocycles. The van der Waals surface area contributed by atoms with Crippen molar-refractivity contribution in [1.29, 1.82) is 0 Å². The second-order valence-corrected chi connectivity index (χ2v) is 8.47. The van der Waals surface area contributed by atoms with Gasteiger partial charge in [-0.15, -0.1) is 11.3 Å². The Kier molecular flexibility index (Phi) is 7.52. The molecule has 1 aromatic heterocycles. The van der Waals surface area contributed by atoms with Crippen molar-refractivity contribution in [1.82, 2.24) is 15.1 Å². The average molecular weight is 418 g/mol. The summed E-state index contributed by atoms with van der Waals surface area (Å²) in [6.07, 6.45) is 0. The normalized spacial score (nSPS) is 16.4. The van der Waals surface area contributed by atoms with Gasteiger partial charge in [-0.1, -0.05) is 6.07 Å². The number of nitrogens with one attached hydrogen (secondary N) is 1. The average Bonchev–Trinajstić information content (AvgIpc) is 3.25. The molecule has 0 spiro atoms. The molecule has 0 unspecified atom stereocenters. The third-order valence-corrected chi connectivity index (χ3v) is 6.47. The van der Waals surface area contributed by atoms with E-state index in [1.165, 1.54) is 16.0 Å². The van der Waals surface area contributed by atoms with E-state index in [-0.39, 0.29) is 11.9 Å². The minimum Gasteiger partial charge on any atom is -0.493 e. The maximum Gasteiger partial charge on any atom is 0.234 e. The quantitative estimate of drug-likeness (QED) is 0.715. The molecule has 6 nitrogen and oxygen atoms in total. The van der Waals surface area contributed by atoms with Crippen molar-refractivity contribution >= 4 is 17.2 Å². The highest BCUT2D eigenvalue weighted by Crippen LogP contribution is 2.31. The lowest BCUT2D eigenvalue weighted by Crippen LogP contribution is -2.49. The van der Waals surface area contributed by atoms with E-state index >= 15 is 0 Å². The number of hydrogen-bond donors (Lipinski definition) is 1. The van der Waals surface area contributed by atoms with Gasteiger partial charge in [0.15, 0.2) is 11.5 Å². The lowest BCUT2D eigenvalue weighted by molar-refractivity contribution is -0.123. The van der Waals surface area contributed by atoms with Gasteiger partial charge in [0.2, 0.25) is 5.91 Å². The molecule has 29 heavy (non-hydrogen) atoms. The first-order valence-corrected chi connectivity index (χ1v) is 10.9. The molecule has 3 rings (SSSR count). The molecular formula is C22H31N3O3S. The van der Waals surface area contributed by atoms with E-state index in [2.05, 4.69) is 34.2 Å². The summed E-state index contributed by atoms with van der Waals surface area (Å²) in [4.78, 5) is 18.2. The lowest BCUT2D eigenvalue weighted by Gasteiger charge is -2.34. The van der Waals surface area contributed by atoms with Gasteiger partial charge >= 0.3 is 0 Å². The molecule has 1 amide bonds. The summed E-state index contributed by atoms with van der Waals surface area (Å²) < 4.78 is 10.8. The largest absolute Gasteiger partial charge is 0.493 e. The summed E-state index contributed by atoms with van der Waals surface area (Å²) in [5.74, 6) is 1.62. The number of aryl methyl sites for hydroxylation is 1. The first-order valence-electron chi connectivity index (χ1n) is 9.99. The summed E-state index contributed by atoms with van der Waals surface area (Å²) in [5.41, 5.74) is 2.45. The SMILES string of the molecule is COc1cc(C)c(CN2CCN(CC(=O)N[C@H](C)c3cccs3)CC2)cc1OC. The van der Waals surface area contributed by atoms with Crippen LogP contribution in [0.3, 0.4) is 0 Å². The van der Waals surface area contributed by atoms with Crippen molar-refractivity contribution in [2.45, 2.75) is 26.4 Å². The Morgan fingerprint density at radius 1 is 1.14 bits per heavy atom. The summed E-state index contributed by atoms with van der Waals surface area (Å²) in [6.45, 7) is 9.16. The number of thiophene rings is 1. The predicted octanol–water partition coefficient (Wildman–Crippen LogP) is 3.07. The van der Waals surface area contributed by atoms with Crippen molar-refractivity contribution < 1.29 is 14.3 Å². The van der Waals surface area contributed by atoms with E-state index in [4.69, 9.17) is 9.47 Å². The van der Waals surface area contributed by atoms with Crippen LogP contribution in [0.25, 0.3) is 0 Å². The van der Waals surface area contributed by atoms with Crippen molar-refractivity contribution in [3.8, 4) is 11.5 Å². The van der Waals surface area contributed by atoms with Crippen LogP contribution in [0.2, 0.25) is 0 Å². The van der Waals surface area contributed by atoms with Crippen LogP contribution in [-0.4, -0.2) is 62.7 Å². The first-order chi connectivity index (χ1) is 14.0. The van der Waals surface area contributed by atoms with E-state index in [9.17, 15) is 4.79 Å². The lowest BCUT2D eigenvalue weighted by atomic mass is 10.1. The van der Waals surface area contributed by atoms with Crippen molar-refractivity contribution in [3.63, 3.8) is 0 Å². The van der Waals surface area contributed by atoms with Crippen LogP contribution in [0.5, 0.6) is 11.5 Å². The Hall–Kier alpha value is -2.09. The number of amides is 1. The number of nitrogens with zero attached hydrogens (tertiary/aromatic N) is 2. The van der Waals surface area contributed by atoms with Gasteiger partial charge in [-0.05, 0) is 48.6 Å². The van der Waals surface area contributed by atoms with Crippen molar-refractivity contribution in [2.75, 3.05) is 46.9 Å². The number of benzene rings is 1. The van der Waals surface area contributed by atoms with Crippen LogP contribution in [0.15, 0.2) is 29.6 Å². The third kappa shape index (κ3) is 5.72. The summed E-state index contributed by atoms with van der Waals surface area (Å²) >= 11 is 1.67. The van der Waals surface area contributed by atoms with Crippen LogP contribution in [0, 0.1) is 6.92 Å². The van der Waals surface area contributed by atoms with Crippen LogP contribution < -0.4 is 14.8 Å². The maximum absolute atomic E-state index is 12.4. The fraction of sp³-hybridized carbons (Fsp3) is 0.500. The van der Waals surface area contributed by atoms with Gasteiger partial charge in [-0.2, -0.15) is 0 Å². The minimum atomic E-state index is 0.0665. The van der Waals surface area contributed by atoms with Crippen LogP contribution in [-0.2, 0) is 11.3 Å². The molecule has 0 bridgehead atoms. The van der Waals surface area contributed by atoms with Crippen molar-refractivity contribution in [2.24, 2.45) is 0 Å². The van der Waals surface area contributed by atoms with E-state index in [0.29, 0.717) is 6.54 Å². The molecule has 2 aromatic rings. The molecule has 1 fully saturated rings. The predicted molar refractivity (Wildman–Crippen MR) is 117 cm³/mol. The molecule has 0 aliphatic carbocycles. The number of rotatable bonds is 8. The number of ether oxygens (including phenoxy) is 2. The molecule has 158 valence electrons. The Morgan fingerprint density at radius 3 is 2.41 bits per heavy atom. The van der Waals surface area contributed by atoms with Crippen LogP contribution in [0.4, 0.5) is 0 Å². The van der Waals surface area contributed by atoms with Crippen molar-refractivity contribution in [3.05, 3.63) is 45.6 Å². The molecule has 1 aliphatic rings. The molecule has 0 saturated carbocycles. The van der Waals surface area contributed by atoms with Gasteiger partial charge in [0.05, 0.1) is 26.8 Å². The zero-order valence-electron chi connectivity index (χ0n) is 17.7. The van der Waals surface area contributed by atoms with E-state index in [1.807, 2.05) is 24.4 Å². The fourth-order valence-corrected chi connectivity index (χ4v) is 4.37. The molecule has 7 heteroatoms. The summed E-state index contributed by atoms with van der Waals surface area (Å²) in [6, 6.07) is 8.24. The maximum atomic E-state index is 12.4. The molecule has 1 N–H and O–H groups in total. The standard InChI is InChI=1S/C22H31N3O3S/c1-16-12-19(27-3)20(28-4)13-18(16)14-24-7-9-25(10-8-24)15-22(26)23-17(2)21-6-5-11-29-21/h5-6,11-13,17H,7-10,14-15H2,1-4H3,(H,23,26)/t17-/m1/s1. The third-order valence-electron chi connectivity index (χ3n) is 5.42. The number of carbonyl (C=O) groups is 1. The zero-order chi connectivity index (χ0) is 20.8. The van der Waals surface area contributed by atoms with Gasteiger partial charge in [-0.25, -0.2) is 0 Å². The van der Waals surface area contributed by atoms with Crippen LogP contribution >= 0.6 is 11.3 Å². The molecular weight excluding hydrogens is 386 g/mol. The molecule has 1 atom stereocenters. The number of carbonyl (C=O) groups excluding carboxylic acids is 1. The number of methoxy groups -OCH3 is 2. The van der Waals surface area contributed by atoms with Gasteiger partial charge in [0.25, 0.3) is 0 Å². The first kappa shape index (κ1) is 21.6. The highest BCUT2D eigenvalue weighted by atomic mass is 32.1. The summed E-state index contributed by atoms with van der Waals surface area (Å²) in [7, 11) is 3.33. The Bertz CT molecular complexity index is 802. The Balaban J connectivity index is 1.47. The fourth-order valence-electron chi connectivity index (χ4n) is 3.64. The highest BCUT2D eigenvalue weighted by Gasteiger charge is 2.21. The van der Waals surface area contributed by atoms with E-state index in [1.54, 1.807) is 25.6 Å². The molecule has 2 heterocycles. The number of hydrogen-bond acceptors (Lipinski definition) is 6. The molecule has 1 aromatic carbocycles. The van der Waals surface area contributed by atoms with Gasteiger partial charge in [0.1, 0.15) is 0 Å². The highest BCUT2D eigenvalue weighted by molar-refractivity contribution is 7.10. The Morgan fingerprint density at radius 2 is 1.79 bits per heavy atom. The van der Waals surface area contributed by atoms with Gasteiger partial charge in [-0.3, -0.25) is 14.6 Å². The monoisotopic (exact) mass is 417 g/mol. The second-order valence-electron chi connectivity index (χ2n) is 7.49. The van der Waals surface area contributed by atoms with Gasteiger partial charge < -0.3 is 14.8 Å². The Labute approximate surface area is 177 Å². The summed E-state index contributed by atoms with van der Waals surface area (Å²) in [5, 5.41) is 5.14. The van der Waals surface area contributed by atoms with E-state index < -0.39 is 0 Å². The second kappa shape index (κ2) is 10.1. The smallest absolute Gasteiger partial charge is 0.234 e. The molecule has 0 radical (unpaired) electrons. The van der Waals surface area contributed by atoms with Gasteiger partial charge in [0, 0.05) is 37.6 Å². The zero-order valence-corrected chi connectivity index (χ0v) is 18.6. The minimum absolute atomic E-state index is 0.0665. The van der Waals surface area contributed by atoms with E-state index in [0.717, 1.165) is 44.2 Å². The number of piperazine rings is 1. The molecule has 1 aliphatic heterocycles. The topological polar surface area (TPSA) is 54.0 Å². The van der Waals surface area contributed by atoms with Crippen LogP contribution in [0.1, 0.15) is 29.0 Å².